The maximum absolute atomic E-state index is 13.2. The van der Waals surface area contributed by atoms with E-state index in [1.807, 2.05) is 78.9 Å². The first-order chi connectivity index (χ1) is 26.5. The molecule has 8 heteroatoms. The van der Waals surface area contributed by atoms with Crippen LogP contribution in [0, 0.1) is 23.7 Å². The molecule has 0 spiro atoms. The number of hydrogen-bond donors (Lipinski definition) is 0. The number of carbonyl (C=O) groups is 2. The van der Waals surface area contributed by atoms with Crippen molar-refractivity contribution in [2.45, 2.75) is 58.0 Å². The number of fused-ring (bicyclic) bond motifs is 2. The smallest absolute Gasteiger partial charge is 0.213 e. The van der Waals surface area contributed by atoms with Crippen molar-refractivity contribution < 1.29 is 37.6 Å². The predicted octanol–water partition coefficient (Wildman–Crippen LogP) is 9.27. The molecule has 2 saturated carbocycles. The number of carbonyl (C=O) groups excluding carboxylic acids is 2. The second-order valence-corrected chi connectivity index (χ2v) is 16.0. The molecule has 0 N–H and O–H groups in total. The van der Waals surface area contributed by atoms with Crippen LogP contribution in [0.4, 0.5) is 0 Å². The molecule has 5 aromatic rings. The zero-order chi connectivity index (χ0) is 36.9. The summed E-state index contributed by atoms with van der Waals surface area (Å²) in [6.07, 6.45) is 9.77. The van der Waals surface area contributed by atoms with Gasteiger partial charge < -0.3 is 19.3 Å². The number of methoxy groups -OCH3 is 1. The molecule has 9 rings (SSSR count). The Kier molecular flexibility index (Phi) is 13.1. The standard InChI is InChI=1S/C27H29NO2.C20H24N2O2.V/c29-27(24-9-5-15-28(18-24)17-20-11-12-20)23-13-14-25-22(16-23)8-4-10-26(25)30-19-21-6-2-1-3-7-21;1-24-19-9-7-15-11-16(6-8-18(15)21-19)20(23)17-3-2-10-22(13-17)12-14-4-5-14;/h1-4,6-8,10,13-14,16,20,24H,5,9,11-12,15,17-19H2;6-9,11,14,17H,2-5,10,12-13H2,1H3;. The summed E-state index contributed by atoms with van der Waals surface area (Å²) in [6, 6.07) is 32.0. The van der Waals surface area contributed by atoms with E-state index in [9.17, 15) is 9.59 Å². The molecule has 1 radical (unpaired) electrons. The van der Waals surface area contributed by atoms with Crippen LogP contribution in [-0.2, 0) is 25.2 Å². The van der Waals surface area contributed by atoms with Crippen LogP contribution in [-0.4, -0.2) is 72.7 Å². The first-order valence-corrected chi connectivity index (χ1v) is 20.2. The number of ether oxygens (including phenoxy) is 2. The van der Waals surface area contributed by atoms with Crippen molar-refractivity contribution in [2.24, 2.45) is 23.7 Å². The summed E-state index contributed by atoms with van der Waals surface area (Å²) in [5.41, 5.74) is 3.66. The van der Waals surface area contributed by atoms with Gasteiger partial charge in [0.15, 0.2) is 11.6 Å². The summed E-state index contributed by atoms with van der Waals surface area (Å²) in [5.74, 6) is 4.09. The Balaban J connectivity index is 0.000000170. The molecule has 2 atom stereocenters. The summed E-state index contributed by atoms with van der Waals surface area (Å²) < 4.78 is 11.2. The van der Waals surface area contributed by atoms with Crippen LogP contribution in [0.25, 0.3) is 21.7 Å². The Morgan fingerprint density at radius 1 is 0.673 bits per heavy atom. The van der Waals surface area contributed by atoms with Crippen molar-refractivity contribution in [3.63, 3.8) is 0 Å². The Morgan fingerprint density at radius 2 is 1.29 bits per heavy atom. The maximum atomic E-state index is 13.2. The van der Waals surface area contributed by atoms with Crippen molar-refractivity contribution in [1.29, 1.82) is 0 Å². The minimum absolute atomic E-state index is 0. The molecule has 285 valence electrons. The molecule has 3 heterocycles. The van der Waals surface area contributed by atoms with E-state index in [4.69, 9.17) is 9.47 Å². The molecule has 2 aliphatic heterocycles. The second-order valence-electron chi connectivity index (χ2n) is 16.0. The topological polar surface area (TPSA) is 72.0 Å². The van der Waals surface area contributed by atoms with Crippen LogP contribution in [0.1, 0.15) is 77.6 Å². The number of benzene rings is 4. The fourth-order valence-electron chi connectivity index (χ4n) is 8.32. The Labute approximate surface area is 337 Å². The number of ketones is 2. The number of pyridine rings is 1. The van der Waals surface area contributed by atoms with Gasteiger partial charge in [0.1, 0.15) is 12.4 Å². The normalized spacial score (nSPS) is 20.2. The molecule has 4 aromatic carbocycles. The van der Waals surface area contributed by atoms with Crippen molar-refractivity contribution in [1.82, 2.24) is 14.8 Å². The van der Waals surface area contributed by atoms with Gasteiger partial charge in [-0.2, -0.15) is 0 Å². The maximum Gasteiger partial charge on any atom is 0.213 e. The molecular formula is C47H53N3O4V. The number of piperidine rings is 2. The number of aromatic nitrogens is 1. The number of rotatable bonds is 12. The third kappa shape index (κ3) is 10.3. The van der Waals surface area contributed by atoms with Gasteiger partial charge in [0.2, 0.25) is 5.88 Å². The van der Waals surface area contributed by atoms with E-state index in [0.717, 1.165) is 108 Å². The van der Waals surface area contributed by atoms with E-state index in [1.54, 1.807) is 7.11 Å². The fraction of sp³-hybridized carbons (Fsp3) is 0.426. The van der Waals surface area contributed by atoms with E-state index in [2.05, 4.69) is 33.0 Å². The Hall–Kier alpha value is -4.01. The molecular weight excluding hydrogens is 721 g/mol. The van der Waals surface area contributed by atoms with Gasteiger partial charge >= 0.3 is 0 Å². The SMILES string of the molecule is COc1ccc2cc(C(=O)C3CCCN(CC4CC4)C3)ccc2n1.O=C(c1ccc2c(OCc3ccccc3)cccc2c1)C1CCCN(CC2CC2)C1.[V]. The minimum Gasteiger partial charge on any atom is -0.488 e. The van der Waals surface area contributed by atoms with Gasteiger partial charge in [-0.05, 0) is 130 Å². The summed E-state index contributed by atoms with van der Waals surface area (Å²) in [6.45, 7) is 7.07. The van der Waals surface area contributed by atoms with E-state index < -0.39 is 0 Å². The molecule has 0 bridgehead atoms. The van der Waals surface area contributed by atoms with Crippen molar-refractivity contribution in [3.05, 3.63) is 114 Å². The van der Waals surface area contributed by atoms with Crippen LogP contribution < -0.4 is 9.47 Å². The van der Waals surface area contributed by atoms with E-state index >= 15 is 0 Å². The van der Waals surface area contributed by atoms with Gasteiger partial charge in [0.25, 0.3) is 0 Å². The quantitative estimate of drug-likeness (QED) is 0.117. The molecule has 55 heavy (non-hydrogen) atoms. The second kappa shape index (κ2) is 18.3. The largest absolute Gasteiger partial charge is 0.488 e. The number of hydrogen-bond acceptors (Lipinski definition) is 7. The van der Waals surface area contributed by atoms with E-state index in [0.29, 0.717) is 18.3 Å². The monoisotopic (exact) mass is 774 g/mol. The van der Waals surface area contributed by atoms with Crippen LogP contribution in [0.5, 0.6) is 11.6 Å². The first-order valence-electron chi connectivity index (χ1n) is 20.2. The molecule has 0 amide bonds. The fourth-order valence-corrected chi connectivity index (χ4v) is 8.32. The van der Waals surface area contributed by atoms with Crippen LogP contribution >= 0.6 is 0 Å². The number of likely N-dealkylation sites (tertiary alicyclic amines) is 2. The zero-order valence-electron chi connectivity index (χ0n) is 32.1. The Morgan fingerprint density at radius 3 is 1.91 bits per heavy atom. The third-order valence-corrected chi connectivity index (χ3v) is 11.7. The molecule has 4 fully saturated rings. The molecule has 1 aromatic heterocycles. The molecule has 2 aliphatic carbocycles. The number of Topliss-reactive ketones (excluding diaryl/α,β-unsaturated/α-hetero) is 2. The van der Waals surface area contributed by atoms with Gasteiger partial charge in [-0.25, -0.2) is 4.98 Å². The summed E-state index contributed by atoms with van der Waals surface area (Å²) >= 11 is 0. The van der Waals surface area contributed by atoms with Crippen LogP contribution in [0.15, 0.2) is 97.1 Å². The van der Waals surface area contributed by atoms with Gasteiger partial charge in [-0.15, -0.1) is 0 Å². The van der Waals surface area contributed by atoms with Gasteiger partial charge in [0.05, 0.1) is 12.6 Å². The summed E-state index contributed by atoms with van der Waals surface area (Å²) in [5, 5.41) is 3.12. The van der Waals surface area contributed by atoms with Gasteiger partial charge in [0, 0.05) is 84.5 Å². The van der Waals surface area contributed by atoms with Crippen LogP contribution in [0.3, 0.4) is 0 Å². The van der Waals surface area contributed by atoms with Gasteiger partial charge in [-0.3, -0.25) is 9.59 Å². The average molecular weight is 775 g/mol. The molecule has 2 saturated heterocycles. The third-order valence-electron chi connectivity index (χ3n) is 11.7. The van der Waals surface area contributed by atoms with Crippen molar-refractivity contribution >= 4 is 33.2 Å². The summed E-state index contributed by atoms with van der Waals surface area (Å²) in [4.78, 5) is 35.6. The van der Waals surface area contributed by atoms with E-state index in [1.165, 1.54) is 38.8 Å². The molecule has 7 nitrogen and oxygen atoms in total. The van der Waals surface area contributed by atoms with Crippen molar-refractivity contribution in [3.8, 4) is 11.6 Å². The first kappa shape index (κ1) is 39.2. The van der Waals surface area contributed by atoms with Gasteiger partial charge in [-0.1, -0.05) is 48.5 Å². The average Bonchev–Trinajstić information content (AvgIpc) is 4.18. The predicted molar refractivity (Wildman–Crippen MR) is 215 cm³/mol. The minimum atomic E-state index is 0. The Bertz CT molecular complexity index is 2080. The molecule has 4 aliphatic rings. The summed E-state index contributed by atoms with van der Waals surface area (Å²) in [7, 11) is 1.61. The van der Waals surface area contributed by atoms with Crippen molar-refractivity contribution in [2.75, 3.05) is 46.4 Å². The molecule has 2 unspecified atom stereocenters. The van der Waals surface area contributed by atoms with Crippen LogP contribution in [0.2, 0.25) is 0 Å². The number of nitrogens with zero attached hydrogens (tertiary/aromatic N) is 3. The van der Waals surface area contributed by atoms with E-state index in [-0.39, 0.29) is 36.2 Å². The zero-order valence-corrected chi connectivity index (χ0v) is 33.5.